The third-order valence-electron chi connectivity index (χ3n) is 4.10. The average Bonchev–Trinajstić information content (AvgIpc) is 2.53. The zero-order chi connectivity index (χ0) is 16.4. The van der Waals surface area contributed by atoms with Gasteiger partial charge < -0.3 is 9.32 Å². The number of rotatable bonds is 2. The van der Waals surface area contributed by atoms with Crippen LogP contribution in [0.5, 0.6) is 0 Å². The lowest BCUT2D eigenvalue weighted by molar-refractivity contribution is 0.0675. The molecule has 1 saturated heterocycles. The van der Waals surface area contributed by atoms with Crippen LogP contribution in [0.4, 0.5) is 0 Å². The van der Waals surface area contributed by atoms with Crippen LogP contribution < -0.4 is 5.43 Å². The lowest BCUT2D eigenvalue weighted by atomic mass is 9.93. The summed E-state index contributed by atoms with van der Waals surface area (Å²) in [5.41, 5.74) is 0.829. The SMILES string of the molecule is Cc1nccc(C2CCN(C(=O)c3cc(=O)cc(C)o3)CC2)n1. The summed E-state index contributed by atoms with van der Waals surface area (Å²) in [6.45, 7) is 4.80. The van der Waals surface area contributed by atoms with Crippen molar-refractivity contribution in [3.8, 4) is 0 Å². The minimum atomic E-state index is -0.219. The molecule has 0 spiro atoms. The Morgan fingerprint density at radius 3 is 2.65 bits per heavy atom. The van der Waals surface area contributed by atoms with E-state index in [0.717, 1.165) is 24.4 Å². The maximum atomic E-state index is 12.5. The Morgan fingerprint density at radius 2 is 2.00 bits per heavy atom. The topological polar surface area (TPSA) is 76.3 Å². The molecule has 1 fully saturated rings. The predicted molar refractivity (Wildman–Crippen MR) is 84.4 cm³/mol. The van der Waals surface area contributed by atoms with E-state index in [9.17, 15) is 9.59 Å². The molecule has 6 heteroatoms. The number of aromatic nitrogens is 2. The molecule has 0 bridgehead atoms. The summed E-state index contributed by atoms with van der Waals surface area (Å²) in [5.74, 6) is 1.45. The number of nitrogens with zero attached hydrogens (tertiary/aromatic N) is 3. The molecule has 1 aliphatic heterocycles. The fraction of sp³-hybridized carbons (Fsp3) is 0.412. The number of hydrogen-bond acceptors (Lipinski definition) is 5. The van der Waals surface area contributed by atoms with E-state index in [2.05, 4.69) is 9.97 Å². The molecule has 1 amide bonds. The van der Waals surface area contributed by atoms with E-state index >= 15 is 0 Å². The summed E-state index contributed by atoms with van der Waals surface area (Å²) in [6, 6.07) is 4.57. The molecule has 1 aliphatic rings. The van der Waals surface area contributed by atoms with Gasteiger partial charge in [-0.3, -0.25) is 9.59 Å². The second kappa shape index (κ2) is 6.32. The molecule has 0 N–H and O–H groups in total. The number of carbonyl (C=O) groups excluding carboxylic acids is 1. The monoisotopic (exact) mass is 313 g/mol. The first-order chi connectivity index (χ1) is 11.0. The first kappa shape index (κ1) is 15.4. The zero-order valence-corrected chi connectivity index (χ0v) is 13.3. The van der Waals surface area contributed by atoms with Gasteiger partial charge in [-0.25, -0.2) is 9.97 Å². The maximum Gasteiger partial charge on any atom is 0.289 e. The van der Waals surface area contributed by atoms with Crippen molar-refractivity contribution < 1.29 is 9.21 Å². The summed E-state index contributed by atoms with van der Waals surface area (Å²) in [5, 5.41) is 0. The maximum absolute atomic E-state index is 12.5. The zero-order valence-electron chi connectivity index (χ0n) is 13.3. The van der Waals surface area contributed by atoms with Crippen molar-refractivity contribution in [2.24, 2.45) is 0 Å². The number of aryl methyl sites for hydroxylation is 2. The van der Waals surface area contributed by atoms with E-state index in [0.29, 0.717) is 24.8 Å². The highest BCUT2D eigenvalue weighted by Gasteiger charge is 2.26. The molecule has 23 heavy (non-hydrogen) atoms. The van der Waals surface area contributed by atoms with Crippen LogP contribution in [0.2, 0.25) is 0 Å². The summed E-state index contributed by atoms with van der Waals surface area (Å²) in [6.07, 6.45) is 3.47. The fourth-order valence-corrected chi connectivity index (χ4v) is 2.94. The Labute approximate surface area is 134 Å². The van der Waals surface area contributed by atoms with Gasteiger partial charge in [-0.2, -0.15) is 0 Å². The van der Waals surface area contributed by atoms with Crippen LogP contribution in [0.15, 0.2) is 33.6 Å². The highest BCUT2D eigenvalue weighted by molar-refractivity contribution is 5.91. The quantitative estimate of drug-likeness (QED) is 0.848. The molecular formula is C17H19N3O3. The Balaban J connectivity index is 1.69. The molecular weight excluding hydrogens is 294 g/mol. The minimum absolute atomic E-state index is 0.117. The highest BCUT2D eigenvalue weighted by Crippen LogP contribution is 2.27. The van der Waals surface area contributed by atoms with Gasteiger partial charge in [0.25, 0.3) is 5.91 Å². The van der Waals surface area contributed by atoms with Crippen LogP contribution >= 0.6 is 0 Å². The largest absolute Gasteiger partial charge is 0.456 e. The summed E-state index contributed by atoms with van der Waals surface area (Å²) in [7, 11) is 0. The van der Waals surface area contributed by atoms with Crippen molar-refractivity contribution in [2.75, 3.05) is 13.1 Å². The predicted octanol–water partition coefficient (Wildman–Crippen LogP) is 2.07. The van der Waals surface area contributed by atoms with E-state index in [1.54, 1.807) is 18.0 Å². The van der Waals surface area contributed by atoms with Gasteiger partial charge in [0.2, 0.25) is 0 Å². The average molecular weight is 313 g/mol. The van der Waals surface area contributed by atoms with Gasteiger partial charge >= 0.3 is 0 Å². The van der Waals surface area contributed by atoms with Crippen molar-refractivity contribution in [2.45, 2.75) is 32.6 Å². The molecule has 0 radical (unpaired) electrons. The Kier molecular flexibility index (Phi) is 4.23. The smallest absolute Gasteiger partial charge is 0.289 e. The number of amides is 1. The summed E-state index contributed by atoms with van der Waals surface area (Å²) < 4.78 is 5.39. The molecule has 0 saturated carbocycles. The Morgan fingerprint density at radius 1 is 1.26 bits per heavy atom. The molecule has 0 aliphatic carbocycles. The normalized spacial score (nSPS) is 15.7. The third kappa shape index (κ3) is 3.47. The number of piperidine rings is 1. The van der Waals surface area contributed by atoms with E-state index in [1.165, 1.54) is 12.1 Å². The van der Waals surface area contributed by atoms with E-state index in [4.69, 9.17) is 4.42 Å². The van der Waals surface area contributed by atoms with Crippen LogP contribution in [0.25, 0.3) is 0 Å². The second-order valence-corrected chi connectivity index (χ2v) is 5.86. The standard InChI is InChI=1S/C17H19N3O3/c1-11-9-14(21)10-16(23-11)17(22)20-7-4-13(5-8-20)15-3-6-18-12(2)19-15/h3,6,9-10,13H,4-5,7-8H2,1-2H3. The lowest BCUT2D eigenvalue weighted by Crippen LogP contribution is -2.38. The van der Waals surface area contributed by atoms with Crippen LogP contribution in [0.1, 0.15) is 46.6 Å². The molecule has 120 valence electrons. The lowest BCUT2D eigenvalue weighted by Gasteiger charge is -2.31. The van der Waals surface area contributed by atoms with Gasteiger partial charge in [0.1, 0.15) is 11.6 Å². The van der Waals surface area contributed by atoms with Crippen LogP contribution in [-0.2, 0) is 0 Å². The molecule has 0 atom stereocenters. The first-order valence-corrected chi connectivity index (χ1v) is 7.73. The molecule has 3 heterocycles. The number of carbonyl (C=O) groups is 1. The Bertz CT molecular complexity index is 777. The van der Waals surface area contributed by atoms with Gasteiger partial charge in [0, 0.05) is 43.0 Å². The van der Waals surface area contributed by atoms with E-state index in [-0.39, 0.29) is 17.1 Å². The third-order valence-corrected chi connectivity index (χ3v) is 4.10. The summed E-state index contributed by atoms with van der Waals surface area (Å²) >= 11 is 0. The van der Waals surface area contributed by atoms with Gasteiger partial charge in [0.05, 0.1) is 0 Å². The van der Waals surface area contributed by atoms with Crippen molar-refractivity contribution in [1.29, 1.82) is 0 Å². The molecule has 3 rings (SSSR count). The van der Waals surface area contributed by atoms with Gasteiger partial charge in [-0.05, 0) is 32.8 Å². The minimum Gasteiger partial charge on any atom is -0.456 e. The Hall–Kier alpha value is -2.50. The van der Waals surface area contributed by atoms with Gasteiger partial charge in [-0.15, -0.1) is 0 Å². The van der Waals surface area contributed by atoms with E-state index in [1.807, 2.05) is 13.0 Å². The van der Waals surface area contributed by atoms with Crippen LogP contribution in [0, 0.1) is 13.8 Å². The summed E-state index contributed by atoms with van der Waals surface area (Å²) in [4.78, 5) is 34.3. The van der Waals surface area contributed by atoms with Gasteiger partial charge in [-0.1, -0.05) is 0 Å². The van der Waals surface area contributed by atoms with Crippen molar-refractivity contribution in [3.05, 3.63) is 57.7 Å². The number of hydrogen-bond donors (Lipinski definition) is 0. The van der Waals surface area contributed by atoms with Gasteiger partial charge in [0.15, 0.2) is 11.2 Å². The molecule has 0 unspecified atom stereocenters. The molecule has 2 aromatic rings. The molecule has 0 aromatic carbocycles. The van der Waals surface area contributed by atoms with Crippen molar-refractivity contribution in [1.82, 2.24) is 14.9 Å². The van der Waals surface area contributed by atoms with E-state index < -0.39 is 0 Å². The van der Waals surface area contributed by atoms with Crippen molar-refractivity contribution >= 4 is 5.91 Å². The highest BCUT2D eigenvalue weighted by atomic mass is 16.3. The fourth-order valence-electron chi connectivity index (χ4n) is 2.94. The number of likely N-dealkylation sites (tertiary alicyclic amines) is 1. The molecule has 6 nitrogen and oxygen atoms in total. The van der Waals surface area contributed by atoms with Crippen LogP contribution in [-0.4, -0.2) is 33.9 Å². The molecule has 2 aromatic heterocycles. The second-order valence-electron chi connectivity index (χ2n) is 5.86. The van der Waals surface area contributed by atoms with Crippen molar-refractivity contribution in [3.63, 3.8) is 0 Å². The van der Waals surface area contributed by atoms with Crippen LogP contribution in [0.3, 0.4) is 0 Å². The first-order valence-electron chi connectivity index (χ1n) is 7.73.